The molecule has 22 heavy (non-hydrogen) atoms. The average Bonchev–Trinajstić information content (AvgIpc) is 2.93. The molecule has 2 aromatic rings. The summed E-state index contributed by atoms with van der Waals surface area (Å²) in [4.78, 5) is 17.2. The number of nitrogens with one attached hydrogen (secondary N) is 1. The Kier molecular flexibility index (Phi) is 4.25. The van der Waals surface area contributed by atoms with Crippen LogP contribution in [-0.4, -0.2) is 10.9 Å². The number of carbonyl (C=O) groups is 1. The van der Waals surface area contributed by atoms with Gasteiger partial charge in [-0.25, -0.2) is 9.37 Å². The molecule has 0 radical (unpaired) electrons. The van der Waals surface area contributed by atoms with Crippen LogP contribution in [0.15, 0.2) is 29.6 Å². The van der Waals surface area contributed by atoms with E-state index in [1.54, 1.807) is 6.07 Å². The second-order valence-electron chi connectivity index (χ2n) is 5.90. The van der Waals surface area contributed by atoms with E-state index in [4.69, 9.17) is 0 Å². The second kappa shape index (κ2) is 6.16. The van der Waals surface area contributed by atoms with E-state index in [9.17, 15) is 9.18 Å². The first-order valence-electron chi connectivity index (χ1n) is 7.60. The van der Waals surface area contributed by atoms with Crippen molar-refractivity contribution >= 4 is 22.4 Å². The van der Waals surface area contributed by atoms with E-state index in [0.29, 0.717) is 5.13 Å². The number of hydrogen-bond donors (Lipinski definition) is 1. The van der Waals surface area contributed by atoms with Crippen LogP contribution in [0.5, 0.6) is 0 Å². The minimum atomic E-state index is -0.639. The Balaban J connectivity index is 1.93. The van der Waals surface area contributed by atoms with Gasteiger partial charge in [-0.15, -0.1) is 11.3 Å². The second-order valence-corrected chi connectivity index (χ2v) is 6.76. The number of rotatable bonds is 3. The highest BCUT2D eigenvalue weighted by atomic mass is 32.1. The Morgan fingerprint density at radius 1 is 1.32 bits per heavy atom. The number of halogens is 1. The number of aryl methyl sites for hydroxylation is 1. The highest BCUT2D eigenvalue weighted by Crippen LogP contribution is 2.40. The summed E-state index contributed by atoms with van der Waals surface area (Å²) in [5, 5.41) is 5.46. The third kappa shape index (κ3) is 2.90. The predicted molar refractivity (Wildman–Crippen MR) is 86.6 cm³/mol. The zero-order valence-corrected chi connectivity index (χ0v) is 13.4. The molecule has 0 atom stereocenters. The molecule has 1 heterocycles. The lowest BCUT2D eigenvalue weighted by molar-refractivity contribution is -0.122. The first-order chi connectivity index (χ1) is 10.6. The van der Waals surface area contributed by atoms with Crippen LogP contribution in [0.2, 0.25) is 0 Å². The van der Waals surface area contributed by atoms with Gasteiger partial charge < -0.3 is 5.32 Å². The van der Waals surface area contributed by atoms with E-state index in [-0.39, 0.29) is 11.7 Å². The maximum Gasteiger partial charge on any atom is 0.236 e. The van der Waals surface area contributed by atoms with Gasteiger partial charge in [-0.1, -0.05) is 31.4 Å². The summed E-state index contributed by atoms with van der Waals surface area (Å²) in [6.07, 6.45) is 4.61. The van der Waals surface area contributed by atoms with Crippen LogP contribution >= 0.6 is 11.3 Å². The van der Waals surface area contributed by atoms with Crippen LogP contribution in [-0.2, 0) is 10.2 Å². The van der Waals surface area contributed by atoms with Gasteiger partial charge in [0.15, 0.2) is 5.13 Å². The monoisotopic (exact) mass is 318 g/mol. The SMILES string of the molecule is Cc1csc(NC(=O)C2(c3cccc(F)c3)CCCCC2)n1. The first kappa shape index (κ1) is 15.2. The van der Waals surface area contributed by atoms with Crippen LogP contribution in [0, 0.1) is 12.7 Å². The molecular weight excluding hydrogens is 299 g/mol. The molecule has 1 amide bonds. The van der Waals surface area contributed by atoms with Gasteiger partial charge in [0.05, 0.1) is 11.1 Å². The number of amides is 1. The molecule has 0 spiro atoms. The number of thiazole rings is 1. The van der Waals surface area contributed by atoms with Gasteiger partial charge in [-0.3, -0.25) is 4.79 Å². The molecule has 3 nitrogen and oxygen atoms in total. The van der Waals surface area contributed by atoms with Gasteiger partial charge >= 0.3 is 0 Å². The molecule has 1 aliphatic carbocycles. The topological polar surface area (TPSA) is 42.0 Å². The van der Waals surface area contributed by atoms with Crippen LogP contribution in [0.1, 0.15) is 43.4 Å². The van der Waals surface area contributed by atoms with Crippen molar-refractivity contribution in [3.05, 3.63) is 46.7 Å². The van der Waals surface area contributed by atoms with Gasteiger partial charge in [0.25, 0.3) is 0 Å². The van der Waals surface area contributed by atoms with E-state index in [2.05, 4.69) is 10.3 Å². The van der Waals surface area contributed by atoms with E-state index >= 15 is 0 Å². The molecule has 1 fully saturated rings. The fraction of sp³-hybridized carbons (Fsp3) is 0.412. The zero-order valence-electron chi connectivity index (χ0n) is 12.6. The summed E-state index contributed by atoms with van der Waals surface area (Å²) in [6, 6.07) is 6.46. The molecule has 1 N–H and O–H groups in total. The number of carbonyl (C=O) groups excluding carboxylic acids is 1. The zero-order chi connectivity index (χ0) is 15.6. The molecule has 116 valence electrons. The van der Waals surface area contributed by atoms with E-state index < -0.39 is 5.41 Å². The molecular formula is C17H19FN2OS. The predicted octanol–water partition coefficient (Wildman–Crippen LogP) is 4.43. The number of hydrogen-bond acceptors (Lipinski definition) is 3. The standard InChI is InChI=1S/C17H19FN2OS/c1-12-11-22-16(19-12)20-15(21)17(8-3-2-4-9-17)13-6-5-7-14(18)10-13/h5-7,10-11H,2-4,8-9H2,1H3,(H,19,20,21). The fourth-order valence-corrected chi connectivity index (χ4v) is 3.90. The van der Waals surface area contributed by atoms with Crippen LogP contribution in [0.4, 0.5) is 9.52 Å². The van der Waals surface area contributed by atoms with E-state index in [1.807, 2.05) is 18.4 Å². The van der Waals surface area contributed by atoms with Crippen molar-refractivity contribution in [2.24, 2.45) is 0 Å². The largest absolute Gasteiger partial charge is 0.301 e. The van der Waals surface area contributed by atoms with Crippen molar-refractivity contribution in [2.45, 2.75) is 44.4 Å². The molecule has 1 aromatic heterocycles. The maximum atomic E-state index is 13.6. The molecule has 0 saturated heterocycles. The minimum absolute atomic E-state index is 0.0628. The number of nitrogens with zero attached hydrogens (tertiary/aromatic N) is 1. The Labute approximate surface area is 133 Å². The Morgan fingerprint density at radius 3 is 2.73 bits per heavy atom. The third-order valence-corrected chi connectivity index (χ3v) is 5.23. The fourth-order valence-electron chi connectivity index (χ4n) is 3.22. The Bertz CT molecular complexity index is 677. The van der Waals surface area contributed by atoms with Crippen molar-refractivity contribution in [1.29, 1.82) is 0 Å². The molecule has 0 aliphatic heterocycles. The molecule has 5 heteroatoms. The van der Waals surface area contributed by atoms with E-state index in [0.717, 1.165) is 43.4 Å². The van der Waals surface area contributed by atoms with Crippen molar-refractivity contribution < 1.29 is 9.18 Å². The molecule has 0 bridgehead atoms. The van der Waals surface area contributed by atoms with Crippen LogP contribution in [0.3, 0.4) is 0 Å². The van der Waals surface area contributed by atoms with Gasteiger partial charge in [0.1, 0.15) is 5.82 Å². The van der Waals surface area contributed by atoms with E-state index in [1.165, 1.54) is 23.5 Å². The van der Waals surface area contributed by atoms with Crippen LogP contribution < -0.4 is 5.32 Å². The molecule has 1 aromatic carbocycles. The Hall–Kier alpha value is -1.75. The van der Waals surface area contributed by atoms with Crippen molar-refractivity contribution in [1.82, 2.24) is 4.98 Å². The molecule has 3 rings (SSSR count). The summed E-state index contributed by atoms with van der Waals surface area (Å²) in [5.74, 6) is -0.354. The smallest absolute Gasteiger partial charge is 0.236 e. The summed E-state index contributed by atoms with van der Waals surface area (Å²) in [5.41, 5.74) is 1.03. The summed E-state index contributed by atoms with van der Waals surface area (Å²) < 4.78 is 13.6. The highest BCUT2D eigenvalue weighted by Gasteiger charge is 2.41. The first-order valence-corrected chi connectivity index (χ1v) is 8.48. The third-order valence-electron chi connectivity index (χ3n) is 4.36. The number of anilines is 1. The lowest BCUT2D eigenvalue weighted by atomic mass is 9.68. The van der Waals surface area contributed by atoms with Gasteiger partial charge in [-0.05, 0) is 37.5 Å². The van der Waals surface area contributed by atoms with Crippen molar-refractivity contribution in [3.63, 3.8) is 0 Å². The Morgan fingerprint density at radius 2 is 2.09 bits per heavy atom. The normalized spacial score (nSPS) is 17.2. The van der Waals surface area contributed by atoms with Crippen LogP contribution in [0.25, 0.3) is 0 Å². The molecule has 1 saturated carbocycles. The van der Waals surface area contributed by atoms with Crippen molar-refractivity contribution in [3.8, 4) is 0 Å². The quantitative estimate of drug-likeness (QED) is 0.909. The lowest BCUT2D eigenvalue weighted by Crippen LogP contribution is -2.42. The maximum absolute atomic E-state index is 13.6. The van der Waals surface area contributed by atoms with Crippen molar-refractivity contribution in [2.75, 3.05) is 5.32 Å². The minimum Gasteiger partial charge on any atom is -0.301 e. The average molecular weight is 318 g/mol. The van der Waals surface area contributed by atoms with Gasteiger partial charge in [-0.2, -0.15) is 0 Å². The lowest BCUT2D eigenvalue weighted by Gasteiger charge is -2.36. The molecule has 0 unspecified atom stereocenters. The summed E-state index contributed by atoms with van der Waals surface area (Å²) in [6.45, 7) is 1.90. The van der Waals surface area contributed by atoms with Gasteiger partial charge in [0.2, 0.25) is 5.91 Å². The summed E-state index contributed by atoms with van der Waals surface area (Å²) in [7, 11) is 0. The summed E-state index contributed by atoms with van der Waals surface area (Å²) >= 11 is 1.42. The number of benzene rings is 1. The highest BCUT2D eigenvalue weighted by molar-refractivity contribution is 7.13. The molecule has 1 aliphatic rings. The number of aromatic nitrogens is 1. The van der Waals surface area contributed by atoms with Gasteiger partial charge in [0, 0.05) is 5.38 Å².